The fourth-order valence-electron chi connectivity index (χ4n) is 4.80. The first-order valence-electron chi connectivity index (χ1n) is 12.1. The number of urea groups is 1. The number of nitrogens with one attached hydrogen (secondary N) is 2. The van der Waals surface area contributed by atoms with Gasteiger partial charge in [0.15, 0.2) is 0 Å². The molecule has 0 saturated carbocycles. The minimum Gasteiger partial charge on any atom is -0.352 e. The second-order valence-electron chi connectivity index (χ2n) is 9.94. The van der Waals surface area contributed by atoms with E-state index in [0.29, 0.717) is 19.6 Å². The average molecular weight is 488 g/mol. The third kappa shape index (κ3) is 4.60. The van der Waals surface area contributed by atoms with Gasteiger partial charge in [0.2, 0.25) is 0 Å². The van der Waals surface area contributed by atoms with Crippen LogP contribution in [0.5, 0.6) is 0 Å². The van der Waals surface area contributed by atoms with E-state index >= 15 is 0 Å². The zero-order valence-corrected chi connectivity index (χ0v) is 20.9. The number of pyridine rings is 1. The monoisotopic (exact) mass is 487 g/mol. The third-order valence-corrected chi connectivity index (χ3v) is 6.76. The standard InChI is InChI=1S/C27H30FN7O/c1-17-8-9-20(14-29-17)23-13-22-24(33-23)30-16-31-25(22)34-10-11-35(27(3,4)15-34)26(36)32-18(2)19-6-5-7-21(28)12-19/h5-9,12-14,16,18H,10-11,15H2,1-4H3,(H,32,36)(H,30,31,33)/t18-/m0/s1. The minimum atomic E-state index is -0.457. The number of nitrogens with zero attached hydrogens (tertiary/aromatic N) is 5. The van der Waals surface area contributed by atoms with Gasteiger partial charge in [-0.2, -0.15) is 0 Å². The summed E-state index contributed by atoms with van der Waals surface area (Å²) in [5.41, 5.74) is 3.92. The summed E-state index contributed by atoms with van der Waals surface area (Å²) >= 11 is 0. The second-order valence-corrected chi connectivity index (χ2v) is 9.94. The highest BCUT2D eigenvalue weighted by atomic mass is 19.1. The first kappa shape index (κ1) is 23.7. The van der Waals surface area contributed by atoms with Crippen LogP contribution in [0, 0.1) is 12.7 Å². The van der Waals surface area contributed by atoms with E-state index in [1.165, 1.54) is 12.1 Å². The predicted octanol–water partition coefficient (Wildman–Crippen LogP) is 4.84. The molecule has 1 saturated heterocycles. The summed E-state index contributed by atoms with van der Waals surface area (Å²) in [6, 6.07) is 11.9. The molecule has 4 heterocycles. The van der Waals surface area contributed by atoms with Gasteiger partial charge in [0.1, 0.15) is 23.6 Å². The first-order valence-corrected chi connectivity index (χ1v) is 12.1. The quantitative estimate of drug-likeness (QED) is 0.430. The topological polar surface area (TPSA) is 90.0 Å². The zero-order valence-electron chi connectivity index (χ0n) is 20.9. The van der Waals surface area contributed by atoms with Crippen LogP contribution >= 0.6 is 0 Å². The van der Waals surface area contributed by atoms with Crippen molar-refractivity contribution < 1.29 is 9.18 Å². The van der Waals surface area contributed by atoms with Crippen LogP contribution in [0.3, 0.4) is 0 Å². The van der Waals surface area contributed by atoms with Gasteiger partial charge in [-0.1, -0.05) is 12.1 Å². The Morgan fingerprint density at radius 3 is 2.69 bits per heavy atom. The van der Waals surface area contributed by atoms with Crippen LogP contribution in [0.25, 0.3) is 22.3 Å². The van der Waals surface area contributed by atoms with E-state index in [1.807, 2.05) is 57.0 Å². The van der Waals surface area contributed by atoms with Crippen LogP contribution in [0.1, 0.15) is 38.1 Å². The number of aryl methyl sites for hydroxylation is 1. The second kappa shape index (κ2) is 9.22. The maximum absolute atomic E-state index is 13.6. The molecular weight excluding hydrogens is 457 g/mol. The van der Waals surface area contributed by atoms with Crippen molar-refractivity contribution >= 4 is 22.9 Å². The highest BCUT2D eigenvalue weighted by Gasteiger charge is 2.38. The summed E-state index contributed by atoms with van der Waals surface area (Å²) in [6.45, 7) is 9.68. The van der Waals surface area contributed by atoms with Gasteiger partial charge in [0, 0.05) is 42.8 Å². The molecule has 1 aliphatic rings. The van der Waals surface area contributed by atoms with Gasteiger partial charge in [-0.3, -0.25) is 4.98 Å². The number of aromatic nitrogens is 4. The SMILES string of the molecule is Cc1ccc(-c2cc3c(N4CCN(C(=O)N[C@@H](C)c5cccc(F)c5)C(C)(C)C4)ncnc3[nH]2)cn1. The summed E-state index contributed by atoms with van der Waals surface area (Å²) in [6.07, 6.45) is 3.41. The van der Waals surface area contributed by atoms with E-state index < -0.39 is 5.54 Å². The number of halogens is 1. The average Bonchev–Trinajstić information content (AvgIpc) is 3.28. The normalized spacial score (nSPS) is 16.2. The molecule has 1 aliphatic heterocycles. The zero-order chi connectivity index (χ0) is 25.4. The van der Waals surface area contributed by atoms with Crippen molar-refractivity contribution in [2.24, 2.45) is 0 Å². The van der Waals surface area contributed by atoms with Crippen molar-refractivity contribution in [3.8, 4) is 11.3 Å². The number of hydrogen-bond acceptors (Lipinski definition) is 5. The molecule has 8 nitrogen and oxygen atoms in total. The molecule has 36 heavy (non-hydrogen) atoms. The molecule has 186 valence electrons. The predicted molar refractivity (Wildman–Crippen MR) is 138 cm³/mol. The minimum absolute atomic E-state index is 0.167. The molecule has 5 rings (SSSR count). The highest BCUT2D eigenvalue weighted by molar-refractivity contribution is 5.92. The van der Waals surface area contributed by atoms with Crippen molar-refractivity contribution in [2.75, 3.05) is 24.5 Å². The Morgan fingerprint density at radius 2 is 1.97 bits per heavy atom. The van der Waals surface area contributed by atoms with Crippen LogP contribution in [0.15, 0.2) is 55.0 Å². The summed E-state index contributed by atoms with van der Waals surface area (Å²) in [7, 11) is 0. The van der Waals surface area contributed by atoms with Gasteiger partial charge < -0.3 is 20.1 Å². The molecule has 9 heteroatoms. The molecule has 0 bridgehead atoms. The highest BCUT2D eigenvalue weighted by Crippen LogP contribution is 2.32. The molecule has 3 aromatic heterocycles. The summed E-state index contributed by atoms with van der Waals surface area (Å²) in [5, 5.41) is 3.96. The molecule has 2 N–H and O–H groups in total. The van der Waals surface area contributed by atoms with Crippen LogP contribution < -0.4 is 10.2 Å². The number of piperazine rings is 1. The number of rotatable bonds is 4. The van der Waals surface area contributed by atoms with Gasteiger partial charge in [0.05, 0.1) is 17.0 Å². The largest absolute Gasteiger partial charge is 0.352 e. The van der Waals surface area contributed by atoms with E-state index in [0.717, 1.165) is 39.4 Å². The Kier molecular flexibility index (Phi) is 6.07. The molecule has 0 radical (unpaired) electrons. The molecule has 1 fully saturated rings. The smallest absolute Gasteiger partial charge is 0.318 e. The van der Waals surface area contributed by atoms with Crippen LogP contribution in [-0.4, -0.2) is 56.0 Å². The third-order valence-electron chi connectivity index (χ3n) is 6.76. The lowest BCUT2D eigenvalue weighted by atomic mass is 9.98. The van der Waals surface area contributed by atoms with Crippen LogP contribution in [0.4, 0.5) is 15.0 Å². The van der Waals surface area contributed by atoms with Crippen LogP contribution in [-0.2, 0) is 0 Å². The fourth-order valence-corrected chi connectivity index (χ4v) is 4.80. The first-order chi connectivity index (χ1) is 17.2. The van der Waals surface area contributed by atoms with Crippen molar-refractivity contribution in [3.63, 3.8) is 0 Å². The van der Waals surface area contributed by atoms with Crippen molar-refractivity contribution in [3.05, 3.63) is 72.1 Å². The molecule has 0 spiro atoms. The van der Waals surface area contributed by atoms with Crippen molar-refractivity contribution in [2.45, 2.75) is 39.3 Å². The van der Waals surface area contributed by atoms with E-state index in [4.69, 9.17) is 0 Å². The Bertz CT molecular complexity index is 1400. The maximum atomic E-state index is 13.6. The number of amides is 2. The summed E-state index contributed by atoms with van der Waals surface area (Å²) < 4.78 is 13.6. The Labute approximate surface area is 209 Å². The Morgan fingerprint density at radius 1 is 1.14 bits per heavy atom. The number of benzene rings is 1. The van der Waals surface area contributed by atoms with E-state index in [1.54, 1.807) is 12.4 Å². The van der Waals surface area contributed by atoms with E-state index in [2.05, 4.69) is 36.2 Å². The number of fused-ring (bicyclic) bond motifs is 1. The van der Waals surface area contributed by atoms with E-state index in [-0.39, 0.29) is 17.9 Å². The Hall–Kier alpha value is -4.01. The van der Waals surface area contributed by atoms with Crippen LogP contribution in [0.2, 0.25) is 0 Å². The number of H-pyrrole nitrogens is 1. The molecule has 2 amide bonds. The molecule has 0 aliphatic carbocycles. The lowest BCUT2D eigenvalue weighted by molar-refractivity contribution is 0.121. The Balaban J connectivity index is 1.34. The number of aromatic amines is 1. The summed E-state index contributed by atoms with van der Waals surface area (Å²) in [5.74, 6) is 0.522. The van der Waals surface area contributed by atoms with Gasteiger partial charge >= 0.3 is 6.03 Å². The maximum Gasteiger partial charge on any atom is 0.318 e. The molecular formula is C27H30FN7O. The van der Waals surface area contributed by atoms with Crippen molar-refractivity contribution in [1.82, 2.24) is 30.2 Å². The van der Waals surface area contributed by atoms with Gasteiger partial charge in [-0.15, -0.1) is 0 Å². The van der Waals surface area contributed by atoms with Gasteiger partial charge in [-0.05, 0) is 63.6 Å². The molecule has 4 aromatic rings. The molecule has 0 unspecified atom stereocenters. The molecule has 1 aromatic carbocycles. The van der Waals surface area contributed by atoms with E-state index in [9.17, 15) is 9.18 Å². The lowest BCUT2D eigenvalue weighted by Gasteiger charge is -2.47. The number of hydrogen-bond donors (Lipinski definition) is 2. The van der Waals surface area contributed by atoms with Gasteiger partial charge in [0.25, 0.3) is 0 Å². The number of carbonyl (C=O) groups is 1. The fraction of sp³-hybridized carbons (Fsp3) is 0.333. The number of carbonyl (C=O) groups excluding carboxylic acids is 1. The lowest BCUT2D eigenvalue weighted by Crippen LogP contribution is -2.63. The van der Waals surface area contributed by atoms with Gasteiger partial charge in [-0.25, -0.2) is 19.2 Å². The van der Waals surface area contributed by atoms with Crippen molar-refractivity contribution in [1.29, 1.82) is 0 Å². The number of anilines is 1. The summed E-state index contributed by atoms with van der Waals surface area (Å²) in [4.78, 5) is 34.1. The molecule has 1 atom stereocenters.